The predicted molar refractivity (Wildman–Crippen MR) is 67.6 cm³/mol. The van der Waals surface area contributed by atoms with E-state index in [9.17, 15) is 0 Å². The van der Waals surface area contributed by atoms with E-state index in [0.29, 0.717) is 23.3 Å². The molecule has 0 aromatic carbocycles. The molecule has 0 bridgehead atoms. The highest BCUT2D eigenvalue weighted by molar-refractivity contribution is 7.80. The summed E-state index contributed by atoms with van der Waals surface area (Å²) in [6.45, 7) is 0.744. The number of nitrogens with zero attached hydrogens (tertiary/aromatic N) is 2. The number of aromatic nitrogens is 1. The molecule has 1 aliphatic rings. The van der Waals surface area contributed by atoms with Gasteiger partial charge in [0.05, 0.1) is 12.3 Å². The van der Waals surface area contributed by atoms with Gasteiger partial charge < -0.3 is 15.7 Å². The Bertz CT molecular complexity index is 393. The number of nitrogens with two attached hydrogens (primary N) is 1. The molecule has 1 aromatic heterocycles. The van der Waals surface area contributed by atoms with Crippen LogP contribution >= 0.6 is 12.2 Å². The van der Waals surface area contributed by atoms with Gasteiger partial charge in [-0.25, -0.2) is 4.98 Å². The number of thiocarbonyl (C=S) groups is 1. The Morgan fingerprint density at radius 3 is 2.88 bits per heavy atom. The third kappa shape index (κ3) is 2.48. The Labute approximate surface area is 100 Å². The fourth-order valence-corrected chi connectivity index (χ4v) is 1.81. The quantitative estimate of drug-likeness (QED) is 0.737. The molecule has 1 aliphatic carbocycles. The number of aliphatic hydroxyl groups is 1. The maximum absolute atomic E-state index is 9.03. The van der Waals surface area contributed by atoms with Crippen LogP contribution in [0.15, 0.2) is 18.2 Å². The summed E-state index contributed by atoms with van der Waals surface area (Å²) in [4.78, 5) is 6.82. The zero-order valence-electron chi connectivity index (χ0n) is 8.97. The van der Waals surface area contributed by atoms with E-state index < -0.39 is 0 Å². The summed E-state index contributed by atoms with van der Waals surface area (Å²) in [5.74, 6) is 0.849. The Morgan fingerprint density at radius 1 is 1.56 bits per heavy atom. The summed E-state index contributed by atoms with van der Waals surface area (Å²) in [6, 6.07) is 6.14. The van der Waals surface area contributed by atoms with E-state index >= 15 is 0 Å². The first-order valence-electron chi connectivity index (χ1n) is 5.36. The van der Waals surface area contributed by atoms with Gasteiger partial charge in [-0.2, -0.15) is 0 Å². The number of rotatable bonds is 5. The summed E-state index contributed by atoms with van der Waals surface area (Å²) in [6.07, 6.45) is 2.33. The van der Waals surface area contributed by atoms with Crippen molar-refractivity contribution >= 4 is 23.0 Å². The highest BCUT2D eigenvalue weighted by atomic mass is 32.1. The second kappa shape index (κ2) is 4.76. The minimum Gasteiger partial charge on any atom is -0.395 e. The van der Waals surface area contributed by atoms with Gasteiger partial charge in [0.2, 0.25) is 0 Å². The van der Waals surface area contributed by atoms with Gasteiger partial charge in [-0.15, -0.1) is 0 Å². The third-order valence-electron chi connectivity index (χ3n) is 2.61. The van der Waals surface area contributed by atoms with Crippen molar-refractivity contribution in [2.75, 3.05) is 18.1 Å². The molecule has 0 unspecified atom stereocenters. The molecule has 4 nitrogen and oxygen atoms in total. The molecule has 1 heterocycles. The van der Waals surface area contributed by atoms with Gasteiger partial charge in [-0.05, 0) is 25.0 Å². The first kappa shape index (κ1) is 11.3. The van der Waals surface area contributed by atoms with Gasteiger partial charge in [0, 0.05) is 12.6 Å². The molecule has 2 rings (SSSR count). The molecule has 1 fully saturated rings. The summed E-state index contributed by atoms with van der Waals surface area (Å²) in [5, 5.41) is 9.03. The lowest BCUT2D eigenvalue weighted by atomic mass is 10.3. The fraction of sp³-hybridized carbons (Fsp3) is 0.455. The number of anilines is 1. The van der Waals surface area contributed by atoms with Crippen LogP contribution in [0.4, 0.5) is 5.82 Å². The lowest BCUT2D eigenvalue weighted by Crippen LogP contribution is -2.30. The van der Waals surface area contributed by atoms with E-state index in [1.807, 2.05) is 12.1 Å². The van der Waals surface area contributed by atoms with Crippen LogP contribution in [-0.4, -0.2) is 34.3 Å². The summed E-state index contributed by atoms with van der Waals surface area (Å²) in [5.41, 5.74) is 6.18. The smallest absolute Gasteiger partial charge is 0.129 e. The average Bonchev–Trinajstić information content (AvgIpc) is 3.10. The Kier molecular flexibility index (Phi) is 3.36. The van der Waals surface area contributed by atoms with E-state index in [4.69, 9.17) is 23.1 Å². The van der Waals surface area contributed by atoms with Crippen LogP contribution in [0.2, 0.25) is 0 Å². The molecule has 1 aromatic rings. The molecule has 86 valence electrons. The molecule has 0 atom stereocenters. The van der Waals surface area contributed by atoms with Gasteiger partial charge in [0.1, 0.15) is 10.8 Å². The van der Waals surface area contributed by atoms with Gasteiger partial charge >= 0.3 is 0 Å². The molecule has 0 spiro atoms. The first-order chi connectivity index (χ1) is 7.72. The van der Waals surface area contributed by atoms with Crippen LogP contribution in [0, 0.1) is 0 Å². The lowest BCUT2D eigenvalue weighted by molar-refractivity contribution is 0.301. The molecule has 0 saturated heterocycles. The predicted octanol–water partition coefficient (Wildman–Crippen LogP) is 0.677. The Morgan fingerprint density at radius 2 is 2.31 bits per heavy atom. The number of hydrogen-bond acceptors (Lipinski definition) is 4. The minimum atomic E-state index is 0.134. The van der Waals surface area contributed by atoms with Crippen LogP contribution in [0.25, 0.3) is 0 Å². The third-order valence-corrected chi connectivity index (χ3v) is 2.82. The second-order valence-electron chi connectivity index (χ2n) is 3.89. The SMILES string of the molecule is NC(=S)c1cccc(N(CCO)C2CC2)n1. The van der Waals surface area contributed by atoms with E-state index in [0.717, 1.165) is 5.82 Å². The highest BCUT2D eigenvalue weighted by Gasteiger charge is 2.29. The van der Waals surface area contributed by atoms with Crippen molar-refractivity contribution in [3.05, 3.63) is 23.9 Å². The second-order valence-corrected chi connectivity index (χ2v) is 4.33. The summed E-state index contributed by atoms with van der Waals surface area (Å²) < 4.78 is 0. The Balaban J connectivity index is 2.22. The van der Waals surface area contributed by atoms with Crippen LogP contribution < -0.4 is 10.6 Å². The van der Waals surface area contributed by atoms with Crippen molar-refractivity contribution in [1.82, 2.24) is 4.98 Å². The molecule has 0 aliphatic heterocycles. The van der Waals surface area contributed by atoms with Gasteiger partial charge in [-0.1, -0.05) is 18.3 Å². The molecule has 1 saturated carbocycles. The van der Waals surface area contributed by atoms with Crippen LogP contribution in [0.5, 0.6) is 0 Å². The van der Waals surface area contributed by atoms with Crippen molar-refractivity contribution in [3.8, 4) is 0 Å². The highest BCUT2D eigenvalue weighted by Crippen LogP contribution is 2.30. The van der Waals surface area contributed by atoms with Crippen molar-refractivity contribution in [1.29, 1.82) is 0 Å². The van der Waals surface area contributed by atoms with Gasteiger partial charge in [-0.3, -0.25) is 0 Å². The largest absolute Gasteiger partial charge is 0.395 e. The monoisotopic (exact) mass is 237 g/mol. The van der Waals surface area contributed by atoms with Crippen molar-refractivity contribution < 1.29 is 5.11 Å². The first-order valence-corrected chi connectivity index (χ1v) is 5.77. The topological polar surface area (TPSA) is 62.4 Å². The van der Waals surface area contributed by atoms with Crippen LogP contribution in [-0.2, 0) is 0 Å². The van der Waals surface area contributed by atoms with E-state index in [1.54, 1.807) is 6.07 Å². The zero-order valence-corrected chi connectivity index (χ0v) is 9.78. The van der Waals surface area contributed by atoms with Crippen LogP contribution in [0.1, 0.15) is 18.5 Å². The van der Waals surface area contributed by atoms with E-state index in [1.165, 1.54) is 12.8 Å². The normalized spacial score (nSPS) is 14.8. The molecule has 5 heteroatoms. The number of aliphatic hydroxyl groups excluding tert-OH is 1. The molecular weight excluding hydrogens is 222 g/mol. The van der Waals surface area contributed by atoms with Gasteiger partial charge in [0.25, 0.3) is 0 Å². The molecule has 0 radical (unpaired) electrons. The van der Waals surface area contributed by atoms with E-state index in [-0.39, 0.29) is 6.61 Å². The van der Waals surface area contributed by atoms with Gasteiger partial charge in [0.15, 0.2) is 0 Å². The maximum Gasteiger partial charge on any atom is 0.129 e. The molecule has 16 heavy (non-hydrogen) atoms. The average molecular weight is 237 g/mol. The minimum absolute atomic E-state index is 0.134. The lowest BCUT2D eigenvalue weighted by Gasteiger charge is -2.22. The summed E-state index contributed by atoms with van der Waals surface area (Å²) in [7, 11) is 0. The summed E-state index contributed by atoms with van der Waals surface area (Å²) >= 11 is 4.90. The molecule has 3 N–H and O–H groups in total. The fourth-order valence-electron chi connectivity index (χ4n) is 1.70. The van der Waals surface area contributed by atoms with E-state index in [2.05, 4.69) is 9.88 Å². The van der Waals surface area contributed by atoms with Crippen LogP contribution in [0.3, 0.4) is 0 Å². The molecule has 0 amide bonds. The van der Waals surface area contributed by atoms with Crippen molar-refractivity contribution in [2.45, 2.75) is 18.9 Å². The number of hydrogen-bond donors (Lipinski definition) is 2. The Hall–Kier alpha value is -1.20. The zero-order chi connectivity index (χ0) is 11.5. The number of pyridine rings is 1. The molecular formula is C11H15N3OS. The maximum atomic E-state index is 9.03. The standard InChI is InChI=1S/C11H15N3OS/c12-11(16)9-2-1-3-10(13-9)14(6-7-15)8-4-5-8/h1-3,8,15H,4-7H2,(H2,12,16). The van der Waals surface area contributed by atoms with Crippen molar-refractivity contribution in [3.63, 3.8) is 0 Å². The van der Waals surface area contributed by atoms with Crippen molar-refractivity contribution in [2.24, 2.45) is 5.73 Å².